The maximum atomic E-state index is 11.9. The van der Waals surface area contributed by atoms with Gasteiger partial charge >= 0.3 is 5.97 Å². The van der Waals surface area contributed by atoms with Gasteiger partial charge in [0.05, 0.1) is 0 Å². The molecule has 0 heterocycles. The smallest absolute Gasteiger partial charge is 0.369 e. The molecule has 0 spiro atoms. The van der Waals surface area contributed by atoms with Crippen LogP contribution >= 0.6 is 0 Å². The van der Waals surface area contributed by atoms with Gasteiger partial charge in [-0.15, -0.1) is 0 Å². The van der Waals surface area contributed by atoms with E-state index in [0.29, 0.717) is 10.8 Å². The molecule has 17 heavy (non-hydrogen) atoms. The molecule has 2 rings (SSSR count). The van der Waals surface area contributed by atoms with Gasteiger partial charge in [0.15, 0.2) is 0 Å². The molecule has 0 saturated carbocycles. The monoisotopic (exact) mass is 232 g/mol. The molecule has 0 radical (unpaired) electrons. The highest BCUT2D eigenvalue weighted by molar-refractivity contribution is 5.83. The number of rotatable bonds is 2. The van der Waals surface area contributed by atoms with Gasteiger partial charge in [-0.25, -0.2) is 9.37 Å². The van der Waals surface area contributed by atoms with Crippen LogP contribution in [0, 0.1) is 0 Å². The topological polar surface area (TPSA) is 74.5 Å². The molecule has 2 aromatic carbocycles. The zero-order valence-electron chi connectivity index (χ0n) is 9.14. The van der Waals surface area contributed by atoms with Crippen LogP contribution in [0.25, 0.3) is 10.8 Å². The van der Waals surface area contributed by atoms with E-state index in [0.717, 1.165) is 0 Å². The van der Waals surface area contributed by atoms with E-state index < -0.39 is 16.8 Å². The summed E-state index contributed by atoms with van der Waals surface area (Å²) in [7, 11) is 1.42. The molecule has 0 amide bonds. The lowest BCUT2D eigenvalue weighted by Crippen LogP contribution is -2.45. The van der Waals surface area contributed by atoms with Crippen LogP contribution in [0.15, 0.2) is 33.9 Å². The van der Waals surface area contributed by atoms with Crippen molar-refractivity contribution in [1.29, 1.82) is 0 Å². The number of carbonyl (C=O) groups is 1. The lowest BCUT2D eigenvalue weighted by Gasteiger charge is -1.87. The van der Waals surface area contributed by atoms with Crippen LogP contribution in [-0.2, 0) is 4.79 Å². The molecule has 0 aliphatic rings. The van der Waals surface area contributed by atoms with E-state index in [1.54, 1.807) is 24.3 Å². The van der Waals surface area contributed by atoms with Gasteiger partial charge < -0.3 is 5.11 Å². The van der Waals surface area contributed by atoms with Crippen molar-refractivity contribution < 1.29 is 9.90 Å². The summed E-state index contributed by atoms with van der Waals surface area (Å²) < 4.78 is 1.17. The number of fused-ring (bicyclic) bond motifs is 1. The predicted molar refractivity (Wildman–Crippen MR) is 62.6 cm³/mol. The first-order valence-corrected chi connectivity index (χ1v) is 5.00. The number of likely N-dealkylation sites (N-methyl/N-ethyl adjacent to an activating group) is 1. The van der Waals surface area contributed by atoms with E-state index in [2.05, 4.69) is 0 Å². The van der Waals surface area contributed by atoms with Crippen molar-refractivity contribution in [2.75, 3.05) is 13.6 Å². The molecule has 0 aliphatic carbocycles. The van der Waals surface area contributed by atoms with Gasteiger partial charge in [-0.3, -0.25) is 9.59 Å². The van der Waals surface area contributed by atoms with Crippen molar-refractivity contribution >= 4 is 16.7 Å². The molecule has 0 fully saturated rings. The normalized spacial score (nSPS) is 10.6. The minimum Gasteiger partial charge on any atom is -0.477 e. The Morgan fingerprint density at radius 2 is 1.65 bits per heavy atom. The fourth-order valence-electron chi connectivity index (χ4n) is 1.87. The lowest BCUT2D eigenvalue weighted by molar-refractivity contribution is -0.136. The molecule has 2 aromatic rings. The minimum absolute atomic E-state index is 0.0754. The Morgan fingerprint density at radius 3 is 2.06 bits per heavy atom. The number of aliphatic carboxylic acids is 1. The predicted octanol–water partition coefficient (Wildman–Crippen LogP) is -1.08. The van der Waals surface area contributed by atoms with Gasteiger partial charge in [-0.2, -0.15) is 0 Å². The lowest BCUT2D eigenvalue weighted by atomic mass is 10.2. The van der Waals surface area contributed by atoms with E-state index in [-0.39, 0.29) is 11.9 Å². The Hall–Kier alpha value is -2.30. The van der Waals surface area contributed by atoms with Gasteiger partial charge in [-0.05, 0) is 0 Å². The Labute approximate surface area is 95.6 Å². The molecule has 0 atom stereocenters. The van der Waals surface area contributed by atoms with Crippen LogP contribution in [0.3, 0.4) is 0 Å². The number of benzene rings is 1. The number of hydrogen-bond donors (Lipinski definition) is 1. The zero-order chi connectivity index (χ0) is 12.6. The largest absolute Gasteiger partial charge is 0.477 e. The Balaban J connectivity index is 2.93. The molecule has 0 aromatic heterocycles. The van der Waals surface area contributed by atoms with Crippen molar-refractivity contribution in [3.63, 3.8) is 0 Å². The third-order valence-corrected chi connectivity index (χ3v) is 2.60. The second kappa shape index (κ2) is 3.93. The number of hydrogen-bond acceptors (Lipinski definition) is 3. The van der Waals surface area contributed by atoms with Crippen molar-refractivity contribution in [1.82, 2.24) is 4.58 Å². The van der Waals surface area contributed by atoms with Gasteiger partial charge in [0.25, 0.3) is 16.2 Å². The number of carboxylic acids is 1. The second-order valence-corrected chi connectivity index (χ2v) is 3.80. The first-order chi connectivity index (χ1) is 8.02. The molecule has 0 unspecified atom stereocenters. The summed E-state index contributed by atoms with van der Waals surface area (Å²) in [4.78, 5) is 34.5. The van der Waals surface area contributed by atoms with Crippen molar-refractivity contribution in [3.05, 3.63) is 50.1 Å². The number of nitrogens with zero attached hydrogens (tertiary/aromatic N) is 1. The maximum absolute atomic E-state index is 11.9. The Kier molecular flexibility index (Phi) is 2.59. The van der Waals surface area contributed by atoms with Crippen LogP contribution in [0.4, 0.5) is 0 Å². The van der Waals surface area contributed by atoms with Gasteiger partial charge in [0.1, 0.15) is 7.05 Å². The summed E-state index contributed by atoms with van der Waals surface area (Å²) in [6, 6.07) is 6.47. The van der Waals surface area contributed by atoms with Crippen molar-refractivity contribution in [3.8, 4) is 0 Å². The van der Waals surface area contributed by atoms with Gasteiger partial charge in [0, 0.05) is 10.8 Å². The van der Waals surface area contributed by atoms with Crippen LogP contribution in [0.2, 0.25) is 0 Å². The summed E-state index contributed by atoms with van der Waals surface area (Å²) >= 11 is 0. The van der Waals surface area contributed by atoms with Gasteiger partial charge in [-0.1, -0.05) is 24.3 Å². The quantitative estimate of drug-likeness (QED) is 0.668. The van der Waals surface area contributed by atoms with E-state index in [1.807, 2.05) is 0 Å². The highest BCUT2D eigenvalue weighted by Crippen LogP contribution is 2.01. The molecule has 5 nitrogen and oxygen atoms in total. The summed E-state index contributed by atoms with van der Waals surface area (Å²) in [6.45, 7) is -0.374. The summed E-state index contributed by atoms with van der Waals surface area (Å²) in [5.41, 5.74) is -0.816. The minimum atomic E-state index is -1.09. The fourth-order valence-corrected chi connectivity index (χ4v) is 1.87. The molecule has 0 aliphatic heterocycles. The molecule has 1 N–H and O–H groups in total. The molecular formula is C12H10NO4+. The molecule has 86 valence electrons. The SMILES string of the molecule is C[N+](CC(=O)O)=c1c(=O)c2ccccc2c1=O. The highest BCUT2D eigenvalue weighted by atomic mass is 16.4. The van der Waals surface area contributed by atoms with E-state index in [1.165, 1.54) is 11.6 Å². The summed E-state index contributed by atoms with van der Waals surface area (Å²) in [6.07, 6.45) is 0. The highest BCUT2D eigenvalue weighted by Gasteiger charge is 2.18. The third kappa shape index (κ3) is 1.75. The second-order valence-electron chi connectivity index (χ2n) is 3.80. The molecular weight excluding hydrogens is 222 g/mol. The van der Waals surface area contributed by atoms with E-state index in [9.17, 15) is 14.4 Å². The maximum Gasteiger partial charge on any atom is 0.369 e. The molecule has 0 bridgehead atoms. The Bertz CT molecular complexity index is 701. The first kappa shape index (κ1) is 11.2. The standard InChI is InChI=1S/C12H9NO4/c1-13(6-9(14)15)10-11(16)7-4-2-3-5-8(7)12(10)17/h2-5H,6H2,1H3/p+1. The van der Waals surface area contributed by atoms with Crippen LogP contribution < -0.4 is 20.8 Å². The number of carboxylic acid groups (broad SMARTS) is 1. The van der Waals surface area contributed by atoms with E-state index in [4.69, 9.17) is 5.11 Å². The fraction of sp³-hybridized carbons (Fsp3) is 0.167. The third-order valence-electron chi connectivity index (χ3n) is 2.60. The summed E-state index contributed by atoms with van der Waals surface area (Å²) in [5, 5.41) is 9.26. The first-order valence-electron chi connectivity index (χ1n) is 5.00. The zero-order valence-corrected chi connectivity index (χ0v) is 9.14. The van der Waals surface area contributed by atoms with Crippen molar-refractivity contribution in [2.45, 2.75) is 0 Å². The summed E-state index contributed by atoms with van der Waals surface area (Å²) in [5.74, 6) is -1.09. The van der Waals surface area contributed by atoms with Crippen LogP contribution in [-0.4, -0.2) is 24.7 Å². The van der Waals surface area contributed by atoms with E-state index >= 15 is 0 Å². The average molecular weight is 232 g/mol. The van der Waals surface area contributed by atoms with Crippen LogP contribution in [0.1, 0.15) is 0 Å². The molecule has 0 saturated heterocycles. The van der Waals surface area contributed by atoms with Crippen LogP contribution in [0.5, 0.6) is 0 Å². The Morgan fingerprint density at radius 1 is 1.18 bits per heavy atom. The van der Waals surface area contributed by atoms with Gasteiger partial charge in [0.2, 0.25) is 6.54 Å². The average Bonchev–Trinajstić information content (AvgIpc) is 2.51. The van der Waals surface area contributed by atoms with Crippen molar-refractivity contribution in [2.24, 2.45) is 0 Å². The molecule has 5 heteroatoms.